The number of hydrogen-bond donors (Lipinski definition) is 4. The number of nitrogens with zero attached hydrogens (tertiary/aromatic N) is 6. The van der Waals surface area contributed by atoms with Crippen molar-refractivity contribution in [2.75, 3.05) is 23.7 Å². The molecule has 2 atom stereocenters. The largest absolute Gasteiger partial charge is 0.368 e. The van der Waals surface area contributed by atoms with Crippen LogP contribution in [0.2, 0.25) is 0 Å². The van der Waals surface area contributed by atoms with E-state index in [4.69, 9.17) is 21.4 Å². The maximum Gasteiger partial charge on any atom is 0.134 e. The zero-order chi connectivity index (χ0) is 29.3. The van der Waals surface area contributed by atoms with E-state index in [1.807, 2.05) is 74.8 Å². The minimum Gasteiger partial charge on any atom is -0.368 e. The first-order valence-electron chi connectivity index (χ1n) is 13.8. The van der Waals surface area contributed by atoms with Crippen LogP contribution in [0.4, 0.5) is 11.6 Å². The van der Waals surface area contributed by atoms with E-state index in [1.54, 1.807) is 37.2 Å². The van der Waals surface area contributed by atoms with E-state index in [-0.39, 0.29) is 12.1 Å². The van der Waals surface area contributed by atoms with Crippen molar-refractivity contribution in [2.45, 2.75) is 25.9 Å². The number of aromatic nitrogens is 6. The SMILES string of the molecule is C[C@@H](CN)Nc1nc(-c2ccncc2)cc2cnccc12.C[C@H](N)CNc1nc(-c2ccncc2)cc2cnccc12. The van der Waals surface area contributed by atoms with Crippen molar-refractivity contribution >= 4 is 33.2 Å². The van der Waals surface area contributed by atoms with Gasteiger partial charge in [0.25, 0.3) is 0 Å². The van der Waals surface area contributed by atoms with E-state index in [1.165, 1.54) is 0 Å². The zero-order valence-electron chi connectivity index (χ0n) is 23.6. The predicted molar refractivity (Wildman–Crippen MR) is 170 cm³/mol. The molecule has 6 rings (SSSR count). The molecule has 0 spiro atoms. The van der Waals surface area contributed by atoms with E-state index in [2.05, 4.69) is 30.6 Å². The molecule has 0 saturated carbocycles. The Kier molecular flexibility index (Phi) is 9.17. The first kappa shape index (κ1) is 28.5. The van der Waals surface area contributed by atoms with Gasteiger partial charge in [-0.3, -0.25) is 19.9 Å². The number of nitrogens with one attached hydrogen (secondary N) is 2. The van der Waals surface area contributed by atoms with Crippen LogP contribution >= 0.6 is 0 Å². The lowest BCUT2D eigenvalue weighted by molar-refractivity contribution is 0.778. The summed E-state index contributed by atoms with van der Waals surface area (Å²) in [5, 5.41) is 10.9. The van der Waals surface area contributed by atoms with E-state index in [0.717, 1.165) is 55.7 Å². The first-order valence-corrected chi connectivity index (χ1v) is 13.8. The van der Waals surface area contributed by atoms with Crippen molar-refractivity contribution < 1.29 is 0 Å². The molecule has 42 heavy (non-hydrogen) atoms. The Hall–Kier alpha value is -5.06. The smallest absolute Gasteiger partial charge is 0.134 e. The van der Waals surface area contributed by atoms with Gasteiger partial charge in [-0.25, -0.2) is 9.97 Å². The molecule has 6 N–H and O–H groups in total. The van der Waals surface area contributed by atoms with Crippen LogP contribution in [0.1, 0.15) is 13.8 Å². The number of pyridine rings is 6. The van der Waals surface area contributed by atoms with Gasteiger partial charge in [0, 0.05) is 107 Å². The van der Waals surface area contributed by atoms with Crippen LogP contribution in [0.3, 0.4) is 0 Å². The number of hydrogen-bond acceptors (Lipinski definition) is 10. The van der Waals surface area contributed by atoms with E-state index < -0.39 is 0 Å². The third-order valence-corrected chi connectivity index (χ3v) is 6.54. The van der Waals surface area contributed by atoms with Crippen molar-refractivity contribution in [3.8, 4) is 22.5 Å². The Bertz CT molecular complexity index is 1740. The third kappa shape index (κ3) is 6.98. The average Bonchev–Trinajstić information content (AvgIpc) is 3.04. The predicted octanol–water partition coefficient (Wildman–Crippen LogP) is 4.90. The average molecular weight is 559 g/mol. The summed E-state index contributed by atoms with van der Waals surface area (Å²) >= 11 is 0. The fraction of sp³-hybridized carbons (Fsp3) is 0.188. The maximum atomic E-state index is 5.82. The molecule has 0 bridgehead atoms. The Balaban J connectivity index is 0.000000168. The van der Waals surface area contributed by atoms with Crippen LogP contribution in [0.25, 0.3) is 44.1 Å². The van der Waals surface area contributed by atoms with Gasteiger partial charge >= 0.3 is 0 Å². The minimum absolute atomic E-state index is 0.0632. The van der Waals surface area contributed by atoms with Crippen molar-refractivity contribution in [3.63, 3.8) is 0 Å². The molecule has 0 unspecified atom stereocenters. The van der Waals surface area contributed by atoms with Gasteiger partial charge in [-0.1, -0.05) is 0 Å². The summed E-state index contributed by atoms with van der Waals surface area (Å²) in [6, 6.07) is 16.0. The van der Waals surface area contributed by atoms with Crippen LogP contribution in [-0.2, 0) is 0 Å². The van der Waals surface area contributed by atoms with Gasteiger partial charge in [0.05, 0.1) is 11.4 Å². The lowest BCUT2D eigenvalue weighted by Gasteiger charge is -2.15. The van der Waals surface area contributed by atoms with E-state index in [0.29, 0.717) is 13.1 Å². The summed E-state index contributed by atoms with van der Waals surface area (Å²) in [4.78, 5) is 25.9. The standard InChI is InChI=1S/2C16H17N5/c1-11(17)9-20-16-14-4-7-19-10-13(14)8-15(21-16)12-2-5-18-6-3-12;1-11(9-17)20-16-14-4-7-19-10-13(14)8-15(21-16)12-2-5-18-6-3-12/h2*2-8,10-11H,9,17H2,1H3,(H,20,21)/t2*11-/m00/s1. The molecule has 0 aliphatic rings. The minimum atomic E-state index is 0.0632. The molecule has 6 aromatic heterocycles. The Morgan fingerprint density at radius 1 is 0.667 bits per heavy atom. The van der Waals surface area contributed by atoms with Gasteiger partial charge in [0.15, 0.2) is 0 Å². The molecule has 10 heteroatoms. The number of fused-ring (bicyclic) bond motifs is 2. The summed E-state index contributed by atoms with van der Waals surface area (Å²) in [5.74, 6) is 1.67. The first-order chi connectivity index (χ1) is 20.5. The maximum absolute atomic E-state index is 5.82. The molecule has 0 amide bonds. The summed E-state index contributed by atoms with van der Waals surface area (Å²) in [5.41, 5.74) is 15.4. The van der Waals surface area contributed by atoms with Crippen molar-refractivity contribution in [3.05, 3.63) is 98.1 Å². The number of rotatable bonds is 8. The topological polar surface area (TPSA) is 153 Å². The molecule has 0 saturated heterocycles. The second-order valence-electron chi connectivity index (χ2n) is 10.0. The fourth-order valence-electron chi connectivity index (χ4n) is 4.33. The van der Waals surface area contributed by atoms with Gasteiger partial charge in [-0.05, 0) is 62.4 Å². The Labute approximate surface area is 244 Å². The summed E-state index contributed by atoms with van der Waals surface area (Å²) in [7, 11) is 0. The van der Waals surface area contributed by atoms with Crippen LogP contribution < -0.4 is 22.1 Å². The lowest BCUT2D eigenvalue weighted by atomic mass is 10.1. The zero-order valence-corrected chi connectivity index (χ0v) is 23.6. The fourth-order valence-corrected chi connectivity index (χ4v) is 4.33. The Morgan fingerprint density at radius 3 is 1.64 bits per heavy atom. The molecule has 212 valence electrons. The molecule has 0 radical (unpaired) electrons. The van der Waals surface area contributed by atoms with Crippen LogP contribution in [0.5, 0.6) is 0 Å². The van der Waals surface area contributed by atoms with E-state index >= 15 is 0 Å². The summed E-state index contributed by atoms with van der Waals surface area (Å²) in [6.07, 6.45) is 14.3. The summed E-state index contributed by atoms with van der Waals surface area (Å²) < 4.78 is 0. The van der Waals surface area contributed by atoms with Crippen LogP contribution in [-0.4, -0.2) is 55.1 Å². The highest BCUT2D eigenvalue weighted by Gasteiger charge is 2.10. The lowest BCUT2D eigenvalue weighted by Crippen LogP contribution is -2.25. The number of nitrogens with two attached hydrogens (primary N) is 2. The van der Waals surface area contributed by atoms with Crippen LogP contribution in [0.15, 0.2) is 98.1 Å². The molecular weight excluding hydrogens is 524 g/mol. The highest BCUT2D eigenvalue weighted by molar-refractivity contribution is 5.95. The second kappa shape index (κ2) is 13.5. The molecule has 6 aromatic rings. The molecule has 6 heterocycles. The molecule has 10 nitrogen and oxygen atoms in total. The molecule has 0 aliphatic heterocycles. The third-order valence-electron chi connectivity index (χ3n) is 6.54. The quantitative estimate of drug-likeness (QED) is 0.203. The molecular formula is C32H34N10. The highest BCUT2D eigenvalue weighted by atomic mass is 15.0. The van der Waals surface area contributed by atoms with Crippen molar-refractivity contribution in [2.24, 2.45) is 11.5 Å². The molecule has 0 aliphatic carbocycles. The van der Waals surface area contributed by atoms with Gasteiger partial charge in [0.1, 0.15) is 11.6 Å². The second-order valence-corrected chi connectivity index (χ2v) is 10.0. The molecule has 0 aromatic carbocycles. The normalized spacial score (nSPS) is 12.3. The highest BCUT2D eigenvalue weighted by Crippen LogP contribution is 2.28. The van der Waals surface area contributed by atoms with Gasteiger partial charge < -0.3 is 22.1 Å². The van der Waals surface area contributed by atoms with Gasteiger partial charge in [0.2, 0.25) is 0 Å². The van der Waals surface area contributed by atoms with Gasteiger partial charge in [-0.2, -0.15) is 0 Å². The van der Waals surface area contributed by atoms with Gasteiger partial charge in [-0.15, -0.1) is 0 Å². The van der Waals surface area contributed by atoms with Crippen molar-refractivity contribution in [1.82, 2.24) is 29.9 Å². The number of anilines is 2. The van der Waals surface area contributed by atoms with Crippen molar-refractivity contribution in [1.29, 1.82) is 0 Å². The molecule has 0 fully saturated rings. The monoisotopic (exact) mass is 558 g/mol. The van der Waals surface area contributed by atoms with E-state index in [9.17, 15) is 0 Å². The Morgan fingerprint density at radius 2 is 1.14 bits per heavy atom. The van der Waals surface area contributed by atoms with Crippen LogP contribution in [0, 0.1) is 0 Å². The summed E-state index contributed by atoms with van der Waals surface area (Å²) in [6.45, 7) is 5.22.